The summed E-state index contributed by atoms with van der Waals surface area (Å²) in [4.78, 5) is 12.6. The van der Waals surface area contributed by atoms with E-state index in [4.69, 9.17) is 18.6 Å². The smallest absolute Gasteiger partial charge is 0.235 e. The van der Waals surface area contributed by atoms with Crippen LogP contribution in [0.5, 0.6) is 17.2 Å². The number of rotatable bonds is 4. The molecule has 0 unspecified atom stereocenters. The van der Waals surface area contributed by atoms with Crippen molar-refractivity contribution >= 4 is 11.0 Å². The molecule has 0 aliphatic carbocycles. The number of hydrogen-bond donors (Lipinski definition) is 0. The van der Waals surface area contributed by atoms with Gasteiger partial charge in [-0.15, -0.1) is 0 Å². The molecule has 0 atom stereocenters. The number of methoxy groups -OCH3 is 3. The van der Waals surface area contributed by atoms with Crippen molar-refractivity contribution in [2.24, 2.45) is 0 Å². The number of benzene rings is 2. The number of para-hydroxylation sites is 1. The average Bonchev–Trinajstić information content (AvgIpc) is 2.61. The van der Waals surface area contributed by atoms with Crippen molar-refractivity contribution in [1.29, 1.82) is 0 Å². The third-order valence-electron chi connectivity index (χ3n) is 3.61. The minimum absolute atomic E-state index is 0.146. The Kier molecular flexibility index (Phi) is 3.93. The van der Waals surface area contributed by atoms with E-state index in [1.807, 2.05) is 6.07 Å². The molecule has 3 rings (SSSR count). The van der Waals surface area contributed by atoms with Crippen LogP contribution < -0.4 is 19.6 Å². The Hall–Kier alpha value is -2.95. The normalized spacial score (nSPS) is 10.6. The topological polar surface area (TPSA) is 57.9 Å². The lowest BCUT2D eigenvalue weighted by atomic mass is 10.1. The minimum Gasteiger partial charge on any atom is -0.497 e. The van der Waals surface area contributed by atoms with Gasteiger partial charge < -0.3 is 18.6 Å². The fraction of sp³-hybridized carbons (Fsp3) is 0.167. The molecule has 0 saturated carbocycles. The van der Waals surface area contributed by atoms with Crippen molar-refractivity contribution in [3.05, 3.63) is 52.7 Å². The molecule has 0 bridgehead atoms. The second kappa shape index (κ2) is 6.04. The highest BCUT2D eigenvalue weighted by Gasteiger charge is 2.20. The first kappa shape index (κ1) is 15.0. The highest BCUT2D eigenvalue weighted by Crippen LogP contribution is 2.38. The monoisotopic (exact) mass is 312 g/mol. The van der Waals surface area contributed by atoms with Crippen molar-refractivity contribution in [1.82, 2.24) is 0 Å². The van der Waals surface area contributed by atoms with Gasteiger partial charge in [0.1, 0.15) is 17.1 Å². The van der Waals surface area contributed by atoms with E-state index in [2.05, 4.69) is 0 Å². The predicted octanol–water partition coefficient (Wildman–Crippen LogP) is 3.49. The molecular weight excluding hydrogens is 296 g/mol. The molecule has 0 N–H and O–H groups in total. The van der Waals surface area contributed by atoms with Gasteiger partial charge in [-0.3, -0.25) is 4.79 Å². The van der Waals surface area contributed by atoms with Crippen LogP contribution in [0.25, 0.3) is 22.3 Å². The average molecular weight is 312 g/mol. The summed E-state index contributed by atoms with van der Waals surface area (Å²) in [5.41, 5.74) is 0.890. The van der Waals surface area contributed by atoms with Gasteiger partial charge in [0.2, 0.25) is 11.2 Å². The lowest BCUT2D eigenvalue weighted by molar-refractivity contribution is 0.388. The van der Waals surface area contributed by atoms with E-state index in [-0.39, 0.29) is 11.2 Å². The number of fused-ring (bicyclic) bond motifs is 1. The quantitative estimate of drug-likeness (QED) is 0.738. The molecule has 0 fully saturated rings. The van der Waals surface area contributed by atoms with Gasteiger partial charge in [-0.2, -0.15) is 0 Å². The number of ether oxygens (including phenoxy) is 3. The molecule has 0 saturated heterocycles. The van der Waals surface area contributed by atoms with Crippen molar-refractivity contribution < 1.29 is 18.6 Å². The highest BCUT2D eigenvalue weighted by molar-refractivity contribution is 5.83. The Labute approximate surface area is 133 Å². The van der Waals surface area contributed by atoms with Crippen LogP contribution in [0, 0.1) is 0 Å². The van der Waals surface area contributed by atoms with Gasteiger partial charge in [0, 0.05) is 6.07 Å². The lowest BCUT2D eigenvalue weighted by Crippen LogP contribution is -2.07. The first-order chi connectivity index (χ1) is 11.2. The molecule has 5 heteroatoms. The van der Waals surface area contributed by atoms with Gasteiger partial charge >= 0.3 is 0 Å². The Bertz CT molecular complexity index is 911. The summed E-state index contributed by atoms with van der Waals surface area (Å²) in [6.45, 7) is 0. The molecule has 5 nitrogen and oxygen atoms in total. The molecule has 1 aromatic heterocycles. The lowest BCUT2D eigenvalue weighted by Gasteiger charge is -2.13. The van der Waals surface area contributed by atoms with Crippen molar-refractivity contribution in [2.45, 2.75) is 0 Å². The second-order valence-electron chi connectivity index (χ2n) is 4.86. The molecule has 3 aromatic rings. The third-order valence-corrected chi connectivity index (χ3v) is 3.61. The zero-order valence-electron chi connectivity index (χ0n) is 13.1. The molecule has 118 valence electrons. The molecule has 2 aromatic carbocycles. The van der Waals surface area contributed by atoms with Crippen LogP contribution in [0.15, 0.2) is 51.7 Å². The van der Waals surface area contributed by atoms with Gasteiger partial charge in [-0.1, -0.05) is 12.1 Å². The van der Waals surface area contributed by atoms with Gasteiger partial charge in [0.15, 0.2) is 5.76 Å². The molecule has 23 heavy (non-hydrogen) atoms. The van der Waals surface area contributed by atoms with Crippen LogP contribution in [0.3, 0.4) is 0 Å². The molecule has 0 radical (unpaired) electrons. The Morgan fingerprint density at radius 3 is 2.39 bits per heavy atom. The number of hydrogen-bond acceptors (Lipinski definition) is 5. The van der Waals surface area contributed by atoms with E-state index < -0.39 is 0 Å². The fourth-order valence-corrected chi connectivity index (χ4v) is 2.47. The van der Waals surface area contributed by atoms with Crippen LogP contribution in [-0.4, -0.2) is 21.3 Å². The van der Waals surface area contributed by atoms with Gasteiger partial charge in [-0.05, 0) is 24.3 Å². The summed E-state index contributed by atoms with van der Waals surface area (Å²) >= 11 is 0. The highest BCUT2D eigenvalue weighted by atomic mass is 16.5. The Morgan fingerprint density at radius 2 is 1.70 bits per heavy atom. The molecule has 0 aliphatic heterocycles. The fourth-order valence-electron chi connectivity index (χ4n) is 2.47. The Balaban J connectivity index is 2.34. The van der Waals surface area contributed by atoms with E-state index in [0.717, 1.165) is 0 Å². The SMILES string of the molecule is COc1ccc(-c2oc3ccccc3c(=O)c2OC)c(OC)c1. The first-order valence-electron chi connectivity index (χ1n) is 7.01. The van der Waals surface area contributed by atoms with E-state index in [1.165, 1.54) is 7.11 Å². The molecule has 0 aliphatic rings. The van der Waals surface area contributed by atoms with Gasteiger partial charge in [-0.25, -0.2) is 0 Å². The standard InChI is InChI=1S/C18H16O5/c1-20-11-8-9-13(15(10-11)21-2)17-18(22-3)16(19)12-6-4-5-7-14(12)23-17/h4-10H,1-3H3. The van der Waals surface area contributed by atoms with Crippen molar-refractivity contribution in [3.8, 4) is 28.6 Å². The second-order valence-corrected chi connectivity index (χ2v) is 4.86. The largest absolute Gasteiger partial charge is 0.497 e. The van der Waals surface area contributed by atoms with E-state index in [9.17, 15) is 4.79 Å². The summed E-state index contributed by atoms with van der Waals surface area (Å²) in [6.07, 6.45) is 0. The zero-order valence-corrected chi connectivity index (χ0v) is 13.1. The predicted molar refractivity (Wildman–Crippen MR) is 87.6 cm³/mol. The van der Waals surface area contributed by atoms with Crippen molar-refractivity contribution in [3.63, 3.8) is 0 Å². The maximum absolute atomic E-state index is 12.6. The van der Waals surface area contributed by atoms with Gasteiger partial charge in [0.05, 0.1) is 32.3 Å². The third kappa shape index (κ3) is 2.50. The summed E-state index contributed by atoms with van der Waals surface area (Å²) < 4.78 is 21.8. The van der Waals surface area contributed by atoms with Crippen LogP contribution in [0.2, 0.25) is 0 Å². The van der Waals surface area contributed by atoms with E-state index in [1.54, 1.807) is 50.6 Å². The van der Waals surface area contributed by atoms with E-state index >= 15 is 0 Å². The summed E-state index contributed by atoms with van der Waals surface area (Å²) in [5, 5.41) is 0.473. The summed E-state index contributed by atoms with van der Waals surface area (Å²) in [7, 11) is 4.57. The molecule has 0 amide bonds. The van der Waals surface area contributed by atoms with Gasteiger partial charge in [0.25, 0.3) is 0 Å². The van der Waals surface area contributed by atoms with Crippen LogP contribution in [-0.2, 0) is 0 Å². The summed E-state index contributed by atoms with van der Waals surface area (Å²) in [5.74, 6) is 1.65. The van der Waals surface area contributed by atoms with Crippen LogP contribution in [0.4, 0.5) is 0 Å². The maximum atomic E-state index is 12.6. The Morgan fingerprint density at radius 1 is 0.913 bits per heavy atom. The van der Waals surface area contributed by atoms with Crippen LogP contribution >= 0.6 is 0 Å². The minimum atomic E-state index is -0.220. The molecule has 1 heterocycles. The molecule has 0 spiro atoms. The van der Waals surface area contributed by atoms with E-state index in [0.29, 0.717) is 33.8 Å². The maximum Gasteiger partial charge on any atom is 0.235 e. The van der Waals surface area contributed by atoms with Crippen molar-refractivity contribution in [2.75, 3.05) is 21.3 Å². The molecular formula is C18H16O5. The van der Waals surface area contributed by atoms with Crippen LogP contribution in [0.1, 0.15) is 0 Å². The first-order valence-corrected chi connectivity index (χ1v) is 7.01. The summed E-state index contributed by atoms with van der Waals surface area (Å²) in [6, 6.07) is 12.3. The zero-order chi connectivity index (χ0) is 16.4.